The Hall–Kier alpha value is -6.69. The molecular weight excluding hydrogens is 1080 g/mol. The van der Waals surface area contributed by atoms with Crippen LogP contribution in [-0.4, -0.2) is 174 Å². The number of carboxylic acids is 1. The third-order valence-electron chi connectivity index (χ3n) is 14.9. The Balaban J connectivity index is 1.03. The van der Waals surface area contributed by atoms with E-state index in [9.17, 15) is 43.8 Å². The molecule has 0 saturated carbocycles. The van der Waals surface area contributed by atoms with Crippen LogP contribution in [-0.2, 0) is 81.8 Å². The molecule has 0 radical (unpaired) electrons. The molecule has 0 aromatic heterocycles. The zero-order valence-electron chi connectivity index (χ0n) is 48.9. The van der Waals surface area contributed by atoms with E-state index in [2.05, 4.69) is 5.32 Å². The van der Waals surface area contributed by atoms with Gasteiger partial charge in [0, 0.05) is 64.1 Å². The van der Waals surface area contributed by atoms with Crippen molar-refractivity contribution in [2.24, 2.45) is 10.8 Å². The van der Waals surface area contributed by atoms with E-state index in [1.54, 1.807) is 14.2 Å². The lowest BCUT2D eigenvalue weighted by Crippen LogP contribution is -2.62. The number of methoxy groups -OCH3 is 2. The maximum Gasteiger partial charge on any atom is 0.306 e. The quantitative estimate of drug-likeness (QED) is 0.0258. The normalized spacial score (nSPS) is 21.3. The third kappa shape index (κ3) is 20.3. The fourth-order valence-electron chi connectivity index (χ4n) is 10.1. The van der Waals surface area contributed by atoms with E-state index >= 15 is 0 Å². The lowest BCUT2D eigenvalue weighted by molar-refractivity contribution is -0.307. The number of carbonyl (C=O) groups excluding carboxylic acids is 6. The molecule has 0 unspecified atom stereocenters. The van der Waals surface area contributed by atoms with Crippen LogP contribution >= 0.6 is 0 Å². The number of carbonyl (C=O) groups is 7. The number of hydrogen-bond donors (Lipinski definition) is 3. The lowest BCUT2D eigenvalue weighted by atomic mass is 9.68. The Morgan fingerprint density at radius 2 is 1.16 bits per heavy atom. The summed E-state index contributed by atoms with van der Waals surface area (Å²) in [5.74, 6) is -2.57. The second-order valence-corrected chi connectivity index (χ2v) is 21.3. The largest absolute Gasteiger partial charge is 0.497 e. The van der Waals surface area contributed by atoms with Crippen molar-refractivity contribution < 1.29 is 95.9 Å². The predicted octanol–water partition coefficient (Wildman–Crippen LogP) is 6.07. The zero-order valence-corrected chi connectivity index (χ0v) is 48.9. The molecule has 2 heterocycles. The number of unbranched alkanes of at least 4 members (excludes halogenated alkanes) is 5. The molecule has 0 aliphatic carbocycles. The first-order valence-corrected chi connectivity index (χ1v) is 28.2. The SMILES string of the molecule is COc1ccc(C(OC[C@@]2(C)CN(C(=O)CCCCCCCCC(=O)NCCOCCOCCO[C@H]3O[C@H](COC(C)=O)[C@@H](OC(C)=O)[C@H](OC(C)=O)[C@@H]3O)C[C@@]2(C)COC(=O)CCC(=O)O)(c2ccccc2)c2ccc(OC)cc2)cc1. The summed E-state index contributed by atoms with van der Waals surface area (Å²) in [4.78, 5) is 87.6. The maximum absolute atomic E-state index is 14.1. The van der Waals surface area contributed by atoms with Crippen molar-refractivity contribution in [3.8, 4) is 11.5 Å². The van der Waals surface area contributed by atoms with Gasteiger partial charge in [0.05, 0.1) is 73.3 Å². The number of hydrogen-bond acceptors (Lipinski definition) is 19. The summed E-state index contributed by atoms with van der Waals surface area (Å²) in [6, 6.07) is 25.3. The van der Waals surface area contributed by atoms with E-state index in [0.717, 1.165) is 56.2 Å². The summed E-state index contributed by atoms with van der Waals surface area (Å²) in [5, 5.41) is 23.0. The van der Waals surface area contributed by atoms with Crippen LogP contribution in [0.2, 0.25) is 0 Å². The Bertz CT molecular complexity index is 2480. The van der Waals surface area contributed by atoms with Crippen molar-refractivity contribution in [1.82, 2.24) is 10.2 Å². The minimum atomic E-state index is -1.54. The highest BCUT2D eigenvalue weighted by atomic mass is 16.7. The molecular formula is C61H84N2O20. The molecule has 22 heteroatoms. The maximum atomic E-state index is 14.1. The van der Waals surface area contributed by atoms with E-state index in [4.69, 9.17) is 52.1 Å². The summed E-state index contributed by atoms with van der Waals surface area (Å²) in [6.45, 7) is 8.91. The van der Waals surface area contributed by atoms with E-state index in [-0.39, 0.29) is 77.5 Å². The number of carboxylic acid groups (broad SMARTS) is 1. The standard InChI is InChI=1S/C61H84N2O20/c1-42(64)78-37-50-56(81-43(2)65)57(82-44(3)66)55(72)58(83-50)77-36-35-76-34-33-75-32-31-62-51(67)19-15-10-8-9-11-16-20-52(68)63-38-59(4,40-79-54(71)30-29-53(69)70)60(5,39-63)41-80-61(45-17-13-12-14-18-45,46-21-25-48(73-6)26-22-46)47-23-27-49(74-7)28-24-47/h12-14,17-18,21-28,50,55-58,72H,8-11,15-16,19-20,29-41H2,1-7H3,(H,62,67)(H,69,70)/t50-,55+,56-,57-,58+,59+,60-/m1/s1. The number of esters is 4. The Kier molecular flexibility index (Phi) is 27.1. The highest BCUT2D eigenvalue weighted by Gasteiger charge is 2.56. The molecule has 22 nitrogen and oxygen atoms in total. The van der Waals surface area contributed by atoms with Crippen LogP contribution in [0.3, 0.4) is 0 Å². The number of rotatable bonds is 36. The summed E-state index contributed by atoms with van der Waals surface area (Å²) in [5.41, 5.74) is -0.155. The van der Waals surface area contributed by atoms with Gasteiger partial charge in [-0.15, -0.1) is 0 Å². The van der Waals surface area contributed by atoms with Gasteiger partial charge in [-0.25, -0.2) is 0 Å². The molecule has 2 aliphatic rings. The second-order valence-electron chi connectivity index (χ2n) is 21.3. The van der Waals surface area contributed by atoms with Crippen LogP contribution in [0.5, 0.6) is 11.5 Å². The lowest BCUT2D eigenvalue weighted by Gasteiger charge is -2.43. The third-order valence-corrected chi connectivity index (χ3v) is 14.9. The van der Waals surface area contributed by atoms with Gasteiger partial charge in [0.1, 0.15) is 35.9 Å². The molecule has 0 bridgehead atoms. The van der Waals surface area contributed by atoms with Crippen molar-refractivity contribution in [2.75, 3.05) is 86.7 Å². The summed E-state index contributed by atoms with van der Waals surface area (Å²) in [7, 11) is 3.22. The minimum absolute atomic E-state index is 0.0211. The van der Waals surface area contributed by atoms with E-state index in [1.807, 2.05) is 97.6 Å². The molecule has 3 aromatic carbocycles. The van der Waals surface area contributed by atoms with Crippen LogP contribution in [0.15, 0.2) is 78.9 Å². The topological polar surface area (TPSA) is 277 Å². The number of aliphatic hydroxyl groups is 1. The molecule has 3 aromatic rings. The first-order chi connectivity index (χ1) is 39.7. The average Bonchev–Trinajstić information content (AvgIpc) is 2.73. The molecule has 7 atom stereocenters. The molecule has 458 valence electrons. The second kappa shape index (κ2) is 33.6. The Morgan fingerprint density at radius 3 is 1.72 bits per heavy atom. The Morgan fingerprint density at radius 1 is 0.627 bits per heavy atom. The number of ether oxygens (including phenoxy) is 11. The molecule has 2 saturated heterocycles. The molecule has 2 amide bonds. The van der Waals surface area contributed by atoms with Crippen LogP contribution in [0.4, 0.5) is 0 Å². The zero-order chi connectivity index (χ0) is 60.4. The van der Waals surface area contributed by atoms with Gasteiger partial charge in [-0.2, -0.15) is 0 Å². The van der Waals surface area contributed by atoms with Gasteiger partial charge >= 0.3 is 29.8 Å². The Labute approximate surface area is 486 Å². The van der Waals surface area contributed by atoms with Crippen molar-refractivity contribution in [3.05, 3.63) is 95.6 Å². The van der Waals surface area contributed by atoms with Gasteiger partial charge in [0.2, 0.25) is 11.8 Å². The minimum Gasteiger partial charge on any atom is -0.497 e. The van der Waals surface area contributed by atoms with E-state index < -0.39 is 77.0 Å². The number of amides is 2. The van der Waals surface area contributed by atoms with Gasteiger partial charge in [0.15, 0.2) is 18.5 Å². The van der Waals surface area contributed by atoms with Gasteiger partial charge in [0.25, 0.3) is 0 Å². The fourth-order valence-corrected chi connectivity index (χ4v) is 10.1. The van der Waals surface area contributed by atoms with Crippen LogP contribution in [0.1, 0.15) is 116 Å². The number of nitrogens with one attached hydrogen (secondary N) is 1. The number of benzene rings is 3. The predicted molar refractivity (Wildman–Crippen MR) is 299 cm³/mol. The number of aliphatic hydroxyl groups excluding tert-OH is 1. The van der Waals surface area contributed by atoms with E-state index in [0.29, 0.717) is 56.8 Å². The van der Waals surface area contributed by atoms with Gasteiger partial charge in [-0.3, -0.25) is 33.6 Å². The fraction of sp³-hybridized carbons (Fsp3) is 0.590. The first kappa shape index (κ1) is 67.1. The molecule has 2 aliphatic heterocycles. The van der Waals surface area contributed by atoms with Gasteiger partial charge in [-0.05, 0) is 53.8 Å². The van der Waals surface area contributed by atoms with Crippen molar-refractivity contribution in [3.63, 3.8) is 0 Å². The summed E-state index contributed by atoms with van der Waals surface area (Å²) in [6.07, 6.45) is -1.65. The van der Waals surface area contributed by atoms with Crippen LogP contribution < -0.4 is 14.8 Å². The van der Waals surface area contributed by atoms with Crippen molar-refractivity contribution >= 4 is 41.7 Å². The monoisotopic (exact) mass is 1160 g/mol. The van der Waals surface area contributed by atoms with Crippen LogP contribution in [0, 0.1) is 10.8 Å². The van der Waals surface area contributed by atoms with Gasteiger partial charge < -0.3 is 72.5 Å². The van der Waals surface area contributed by atoms with Crippen molar-refractivity contribution in [1.29, 1.82) is 0 Å². The highest BCUT2D eigenvalue weighted by Crippen LogP contribution is 2.50. The van der Waals surface area contributed by atoms with Gasteiger partial charge in [-0.1, -0.05) is 94.1 Å². The molecule has 2 fully saturated rings. The summed E-state index contributed by atoms with van der Waals surface area (Å²) >= 11 is 0. The van der Waals surface area contributed by atoms with Crippen molar-refractivity contribution in [2.45, 2.75) is 135 Å². The smallest absolute Gasteiger partial charge is 0.306 e. The first-order valence-electron chi connectivity index (χ1n) is 28.2. The molecule has 5 rings (SSSR count). The number of aliphatic carboxylic acids is 1. The summed E-state index contributed by atoms with van der Waals surface area (Å²) < 4.78 is 62.2. The average molecular weight is 1170 g/mol. The highest BCUT2D eigenvalue weighted by molar-refractivity contribution is 5.78. The number of nitrogens with zero attached hydrogens (tertiary/aromatic N) is 1. The molecule has 83 heavy (non-hydrogen) atoms. The van der Waals surface area contributed by atoms with E-state index in [1.165, 1.54) is 6.92 Å². The molecule has 3 N–H and O–H groups in total. The number of likely N-dealkylation sites (tertiary alicyclic amines) is 1. The van der Waals surface area contributed by atoms with Crippen LogP contribution in [0.25, 0.3) is 0 Å². The molecule has 0 spiro atoms.